The fourth-order valence-electron chi connectivity index (χ4n) is 3.81. The number of rotatable bonds is 8. The van der Waals surface area contributed by atoms with Gasteiger partial charge in [-0.3, -0.25) is 9.69 Å². The number of nitrogens with one attached hydrogen (secondary N) is 1. The lowest BCUT2D eigenvalue weighted by atomic mass is 9.99. The lowest BCUT2D eigenvalue weighted by Crippen LogP contribution is -2.30. The monoisotopic (exact) mass is 414 g/mol. The second-order valence-electron chi connectivity index (χ2n) is 8.31. The quantitative estimate of drug-likeness (QED) is 0.700. The average Bonchev–Trinajstić information content (AvgIpc) is 3.37. The van der Waals surface area contributed by atoms with Crippen LogP contribution >= 0.6 is 0 Å². The molecule has 1 heterocycles. The van der Waals surface area contributed by atoms with Gasteiger partial charge >= 0.3 is 0 Å². The molecular formula is C24H28F2N2O2. The highest BCUT2D eigenvalue weighted by Gasteiger charge is 2.57. The second kappa shape index (κ2) is 8.72. The topological polar surface area (TPSA) is 41.6 Å². The maximum Gasteiger partial charge on any atom is 0.255 e. The summed E-state index contributed by atoms with van der Waals surface area (Å²) in [5.74, 6) is -2.41. The van der Waals surface area contributed by atoms with Gasteiger partial charge in [0.05, 0.1) is 12.5 Å². The van der Waals surface area contributed by atoms with Crippen molar-refractivity contribution in [2.75, 3.05) is 13.2 Å². The van der Waals surface area contributed by atoms with E-state index in [0.717, 1.165) is 31.6 Å². The Balaban J connectivity index is 1.28. The molecule has 0 spiro atoms. The minimum atomic E-state index is -2.53. The van der Waals surface area contributed by atoms with Crippen LogP contribution in [0.25, 0.3) is 0 Å². The zero-order valence-electron chi connectivity index (χ0n) is 17.3. The molecule has 1 aliphatic carbocycles. The summed E-state index contributed by atoms with van der Waals surface area (Å²) in [7, 11) is 0. The Kier molecular flexibility index (Phi) is 6.04. The third-order valence-electron chi connectivity index (χ3n) is 5.92. The van der Waals surface area contributed by atoms with E-state index in [2.05, 4.69) is 40.5 Å². The van der Waals surface area contributed by atoms with Gasteiger partial charge in [0, 0.05) is 39.0 Å². The molecular weight excluding hydrogens is 386 g/mol. The normalized spacial score (nSPS) is 19.8. The van der Waals surface area contributed by atoms with E-state index in [-0.39, 0.29) is 18.9 Å². The van der Waals surface area contributed by atoms with Gasteiger partial charge in [-0.25, -0.2) is 8.78 Å². The number of benzene rings is 2. The van der Waals surface area contributed by atoms with Crippen LogP contribution in [-0.2, 0) is 30.8 Å². The van der Waals surface area contributed by atoms with E-state index in [1.165, 1.54) is 16.7 Å². The molecule has 4 rings (SSSR count). The summed E-state index contributed by atoms with van der Waals surface area (Å²) in [6.07, 6.45) is 1.37. The molecule has 30 heavy (non-hydrogen) atoms. The van der Waals surface area contributed by atoms with Gasteiger partial charge in [0.15, 0.2) is 0 Å². The number of hydrogen-bond acceptors (Lipinski definition) is 3. The molecule has 1 N–H and O–H groups in total. The molecule has 1 atom stereocenters. The van der Waals surface area contributed by atoms with Crippen LogP contribution in [0.2, 0.25) is 0 Å². The molecule has 0 aromatic heterocycles. The lowest BCUT2D eigenvalue weighted by molar-refractivity contribution is -0.120. The van der Waals surface area contributed by atoms with Crippen LogP contribution in [0.1, 0.15) is 42.0 Å². The van der Waals surface area contributed by atoms with Crippen molar-refractivity contribution in [2.45, 2.75) is 51.7 Å². The Labute approximate surface area is 176 Å². The predicted octanol–water partition coefficient (Wildman–Crippen LogP) is 4.31. The number of amides is 1. The molecule has 6 heteroatoms. The van der Waals surface area contributed by atoms with E-state index in [4.69, 9.17) is 4.74 Å². The SMILES string of the molecule is CCC(=O)NCc1ccc(CN2CCc3cc(OCC4CC4(F)F)ccc3C2)cc1. The van der Waals surface area contributed by atoms with E-state index in [1.807, 2.05) is 19.1 Å². The van der Waals surface area contributed by atoms with Crippen molar-refractivity contribution >= 4 is 5.91 Å². The van der Waals surface area contributed by atoms with Gasteiger partial charge in [-0.2, -0.15) is 0 Å². The number of carbonyl (C=O) groups is 1. The molecule has 1 unspecified atom stereocenters. The fraction of sp³-hybridized carbons (Fsp3) is 0.458. The summed E-state index contributed by atoms with van der Waals surface area (Å²) < 4.78 is 31.6. The molecule has 1 aliphatic heterocycles. The van der Waals surface area contributed by atoms with Crippen molar-refractivity contribution in [1.29, 1.82) is 0 Å². The summed E-state index contributed by atoms with van der Waals surface area (Å²) in [5, 5.41) is 2.89. The highest BCUT2D eigenvalue weighted by Crippen LogP contribution is 2.48. The van der Waals surface area contributed by atoms with Crippen molar-refractivity contribution in [3.63, 3.8) is 0 Å². The third kappa shape index (κ3) is 5.17. The van der Waals surface area contributed by atoms with Crippen LogP contribution in [0, 0.1) is 5.92 Å². The molecule has 2 aliphatic rings. The van der Waals surface area contributed by atoms with Crippen LogP contribution < -0.4 is 10.1 Å². The predicted molar refractivity (Wildman–Crippen MR) is 111 cm³/mol. The molecule has 1 amide bonds. The molecule has 2 aromatic rings. The van der Waals surface area contributed by atoms with Crippen LogP contribution in [0.15, 0.2) is 42.5 Å². The minimum Gasteiger partial charge on any atom is -0.493 e. The molecule has 4 nitrogen and oxygen atoms in total. The lowest BCUT2D eigenvalue weighted by Gasteiger charge is -2.29. The minimum absolute atomic E-state index is 0.0543. The molecule has 1 fully saturated rings. The smallest absolute Gasteiger partial charge is 0.255 e. The van der Waals surface area contributed by atoms with Crippen molar-refractivity contribution in [3.8, 4) is 5.75 Å². The van der Waals surface area contributed by atoms with E-state index in [0.29, 0.717) is 18.7 Å². The number of nitrogens with zero attached hydrogens (tertiary/aromatic N) is 1. The number of halogens is 2. The Bertz CT molecular complexity index is 899. The number of alkyl halides is 2. The Hall–Kier alpha value is -2.47. The van der Waals surface area contributed by atoms with E-state index in [1.54, 1.807) is 0 Å². The first-order chi connectivity index (χ1) is 14.4. The van der Waals surface area contributed by atoms with E-state index >= 15 is 0 Å². The maximum absolute atomic E-state index is 13.0. The molecule has 1 saturated carbocycles. The maximum atomic E-state index is 13.0. The van der Waals surface area contributed by atoms with Crippen molar-refractivity contribution in [3.05, 3.63) is 64.7 Å². The molecule has 2 aromatic carbocycles. The Morgan fingerprint density at radius 1 is 1.17 bits per heavy atom. The first-order valence-corrected chi connectivity index (χ1v) is 10.6. The summed E-state index contributed by atoms with van der Waals surface area (Å²) in [4.78, 5) is 13.8. The first-order valence-electron chi connectivity index (χ1n) is 10.6. The zero-order valence-corrected chi connectivity index (χ0v) is 17.3. The highest BCUT2D eigenvalue weighted by atomic mass is 19.3. The van der Waals surface area contributed by atoms with Crippen LogP contribution in [0.3, 0.4) is 0 Å². The largest absolute Gasteiger partial charge is 0.493 e. The summed E-state index contributed by atoms with van der Waals surface area (Å²) in [6, 6.07) is 14.3. The van der Waals surface area contributed by atoms with Crippen LogP contribution in [0.5, 0.6) is 5.75 Å². The van der Waals surface area contributed by atoms with Crippen LogP contribution in [0.4, 0.5) is 8.78 Å². The standard InChI is InChI=1S/C24H28F2N2O2/c1-2-23(29)27-13-17-3-5-18(6-4-17)14-28-10-9-19-11-22(8-7-20(19)15-28)30-16-21-12-24(21,25)26/h3-8,11,21H,2,9-10,12-16H2,1H3,(H,27,29). The Morgan fingerprint density at radius 2 is 1.90 bits per heavy atom. The van der Waals surface area contributed by atoms with Gasteiger partial charge in [-0.05, 0) is 40.8 Å². The van der Waals surface area contributed by atoms with Gasteiger partial charge in [0.1, 0.15) is 5.75 Å². The van der Waals surface area contributed by atoms with Crippen LogP contribution in [-0.4, -0.2) is 29.9 Å². The summed E-state index contributed by atoms with van der Waals surface area (Å²) >= 11 is 0. The number of carbonyl (C=O) groups excluding carboxylic acids is 1. The van der Waals surface area contributed by atoms with Gasteiger partial charge in [0.25, 0.3) is 5.92 Å². The fourth-order valence-corrected chi connectivity index (χ4v) is 3.81. The van der Waals surface area contributed by atoms with E-state index in [9.17, 15) is 13.6 Å². The second-order valence-corrected chi connectivity index (χ2v) is 8.31. The van der Waals surface area contributed by atoms with E-state index < -0.39 is 11.8 Å². The third-order valence-corrected chi connectivity index (χ3v) is 5.92. The number of fused-ring (bicyclic) bond motifs is 1. The highest BCUT2D eigenvalue weighted by molar-refractivity contribution is 5.75. The first kappa shape index (κ1) is 20.8. The van der Waals surface area contributed by atoms with Crippen molar-refractivity contribution in [2.24, 2.45) is 5.92 Å². The van der Waals surface area contributed by atoms with Crippen molar-refractivity contribution in [1.82, 2.24) is 10.2 Å². The van der Waals surface area contributed by atoms with Gasteiger partial charge < -0.3 is 10.1 Å². The zero-order chi connectivity index (χ0) is 21.1. The molecule has 0 bridgehead atoms. The van der Waals surface area contributed by atoms with Crippen molar-refractivity contribution < 1.29 is 18.3 Å². The van der Waals surface area contributed by atoms with Gasteiger partial charge in [0.2, 0.25) is 5.91 Å². The molecule has 0 saturated heterocycles. The molecule has 0 radical (unpaired) electrons. The average molecular weight is 414 g/mol. The molecule has 160 valence electrons. The number of ether oxygens (including phenoxy) is 1. The summed E-state index contributed by atoms with van der Waals surface area (Å²) in [5.41, 5.74) is 4.85. The summed E-state index contributed by atoms with van der Waals surface area (Å²) in [6.45, 7) is 5.19. The van der Waals surface area contributed by atoms with Gasteiger partial charge in [-0.15, -0.1) is 0 Å². The van der Waals surface area contributed by atoms with Gasteiger partial charge in [-0.1, -0.05) is 37.3 Å². The Morgan fingerprint density at radius 3 is 2.60 bits per heavy atom. The number of hydrogen-bond donors (Lipinski definition) is 1.